The number of rotatable bonds is 5. The van der Waals surface area contributed by atoms with Gasteiger partial charge in [-0.2, -0.15) is 13.2 Å². The Morgan fingerprint density at radius 3 is 2.58 bits per heavy atom. The second-order valence-corrected chi connectivity index (χ2v) is 10.9. The minimum atomic E-state index is -4.66. The van der Waals surface area contributed by atoms with Crippen LogP contribution < -0.4 is 11.1 Å². The predicted molar refractivity (Wildman–Crippen MR) is 146 cm³/mol. The molecule has 43 heavy (non-hydrogen) atoms. The average Bonchev–Trinajstić information content (AvgIpc) is 3.53. The Kier molecular flexibility index (Phi) is 6.81. The van der Waals surface area contributed by atoms with Crippen molar-refractivity contribution in [1.82, 2.24) is 24.3 Å². The molecule has 2 aliphatic rings. The van der Waals surface area contributed by atoms with E-state index in [1.54, 1.807) is 10.6 Å². The van der Waals surface area contributed by atoms with Crippen LogP contribution in [0.3, 0.4) is 0 Å². The number of nitrogens with zero attached hydrogens (tertiary/aromatic N) is 5. The number of carbonyl (C=O) groups excluding carboxylic acids is 2. The molecule has 5 heterocycles. The van der Waals surface area contributed by atoms with Gasteiger partial charge in [0.05, 0.1) is 5.56 Å². The van der Waals surface area contributed by atoms with Crippen molar-refractivity contribution in [1.29, 1.82) is 0 Å². The van der Waals surface area contributed by atoms with Crippen molar-refractivity contribution in [3.8, 4) is 11.3 Å². The molecule has 0 unspecified atom stereocenters. The number of halogens is 5. The second kappa shape index (κ2) is 10.3. The molecule has 0 spiro atoms. The number of benzene rings is 1. The number of fused-ring (bicyclic) bond motifs is 2. The fraction of sp³-hybridized carbons (Fsp3) is 0.345. The quantitative estimate of drug-likeness (QED) is 0.288. The van der Waals surface area contributed by atoms with Crippen LogP contribution in [0.5, 0.6) is 0 Å². The van der Waals surface area contributed by atoms with Crippen molar-refractivity contribution in [3.63, 3.8) is 0 Å². The van der Waals surface area contributed by atoms with Crippen LogP contribution in [0.25, 0.3) is 16.8 Å². The summed E-state index contributed by atoms with van der Waals surface area (Å²) in [7, 11) is 0. The lowest BCUT2D eigenvalue weighted by molar-refractivity contribution is -0.137. The number of hydrogen-bond donors (Lipinski definition) is 2. The summed E-state index contributed by atoms with van der Waals surface area (Å²) < 4.78 is 71.2. The molecule has 224 valence electrons. The third-order valence-corrected chi connectivity index (χ3v) is 8.03. The third kappa shape index (κ3) is 5.25. The first-order valence-corrected chi connectivity index (χ1v) is 13.6. The molecule has 6 rings (SSSR count). The second-order valence-electron chi connectivity index (χ2n) is 10.9. The van der Waals surface area contributed by atoms with E-state index in [1.807, 2.05) is 4.90 Å². The van der Waals surface area contributed by atoms with Crippen molar-refractivity contribution < 1.29 is 31.5 Å². The van der Waals surface area contributed by atoms with E-state index in [-0.39, 0.29) is 46.3 Å². The van der Waals surface area contributed by atoms with Gasteiger partial charge in [0.25, 0.3) is 11.8 Å². The Balaban J connectivity index is 1.40. The first kappa shape index (κ1) is 28.5. The number of nitrogens with two attached hydrogens (primary N) is 1. The maximum absolute atomic E-state index is 15.1. The normalized spacial score (nSPS) is 19.1. The van der Waals surface area contributed by atoms with E-state index in [0.29, 0.717) is 37.3 Å². The van der Waals surface area contributed by atoms with Crippen LogP contribution in [0, 0.1) is 0 Å². The van der Waals surface area contributed by atoms with Gasteiger partial charge in [0.1, 0.15) is 28.7 Å². The molecule has 3 N–H and O–H groups in total. The van der Waals surface area contributed by atoms with E-state index in [2.05, 4.69) is 15.3 Å². The van der Waals surface area contributed by atoms with Crippen molar-refractivity contribution in [3.05, 3.63) is 71.4 Å². The van der Waals surface area contributed by atoms with E-state index in [1.165, 1.54) is 18.3 Å². The van der Waals surface area contributed by atoms with Crippen LogP contribution in [-0.4, -0.2) is 48.7 Å². The molecule has 2 amide bonds. The highest BCUT2D eigenvalue weighted by molar-refractivity contribution is 6.04. The minimum absolute atomic E-state index is 0.00984. The molecule has 2 atom stereocenters. The number of pyridine rings is 1. The van der Waals surface area contributed by atoms with Gasteiger partial charge >= 0.3 is 6.18 Å². The lowest BCUT2D eigenvalue weighted by Gasteiger charge is -2.34. The van der Waals surface area contributed by atoms with Gasteiger partial charge in [-0.15, -0.1) is 0 Å². The number of alkyl halides is 5. The highest BCUT2D eigenvalue weighted by Crippen LogP contribution is 2.42. The van der Waals surface area contributed by atoms with E-state index >= 15 is 8.78 Å². The Hall–Kier alpha value is -4.62. The summed E-state index contributed by atoms with van der Waals surface area (Å²) in [5.74, 6) is -4.23. The molecular formula is C29H26F5N7O2. The van der Waals surface area contributed by atoms with E-state index in [4.69, 9.17) is 10.7 Å². The summed E-state index contributed by atoms with van der Waals surface area (Å²) in [6, 6.07) is 5.15. The van der Waals surface area contributed by atoms with Gasteiger partial charge in [-0.3, -0.25) is 14.0 Å². The van der Waals surface area contributed by atoms with E-state index in [9.17, 15) is 22.8 Å². The first-order chi connectivity index (χ1) is 20.3. The molecule has 9 nitrogen and oxygen atoms in total. The van der Waals surface area contributed by atoms with Crippen molar-refractivity contribution >= 4 is 29.0 Å². The van der Waals surface area contributed by atoms with Gasteiger partial charge in [-0.05, 0) is 43.5 Å². The van der Waals surface area contributed by atoms with Crippen LogP contribution in [0.15, 0.2) is 48.9 Å². The molecular weight excluding hydrogens is 573 g/mol. The molecule has 0 radical (unpaired) electrons. The van der Waals surface area contributed by atoms with Crippen LogP contribution in [-0.2, 0) is 16.9 Å². The fourth-order valence-corrected chi connectivity index (χ4v) is 5.96. The maximum Gasteiger partial charge on any atom is 0.416 e. The molecule has 2 fully saturated rings. The van der Waals surface area contributed by atoms with Crippen LogP contribution in [0.2, 0.25) is 0 Å². The highest BCUT2D eigenvalue weighted by atomic mass is 19.4. The zero-order valence-electron chi connectivity index (χ0n) is 22.8. The topological polar surface area (TPSA) is 119 Å². The van der Waals surface area contributed by atoms with Gasteiger partial charge in [0.15, 0.2) is 0 Å². The Bertz CT molecular complexity index is 1750. The Labute approximate surface area is 241 Å². The molecule has 3 aromatic heterocycles. The Morgan fingerprint density at radius 1 is 1.05 bits per heavy atom. The number of piperidine rings is 1. The Morgan fingerprint density at radius 2 is 1.84 bits per heavy atom. The number of nitrogen functional groups attached to an aromatic ring is 1. The predicted octanol–water partition coefficient (Wildman–Crippen LogP) is 5.62. The summed E-state index contributed by atoms with van der Waals surface area (Å²) in [5, 5.41) is 2.24. The zero-order valence-corrected chi connectivity index (χ0v) is 22.8. The lowest BCUT2D eigenvalue weighted by atomic mass is 9.92. The monoisotopic (exact) mass is 599 g/mol. The molecule has 0 saturated carbocycles. The molecule has 4 aromatic rings. The van der Waals surface area contributed by atoms with Crippen LogP contribution in [0.1, 0.15) is 65.8 Å². The number of carbonyl (C=O) groups is 2. The summed E-state index contributed by atoms with van der Waals surface area (Å²) in [5.41, 5.74) is 4.91. The van der Waals surface area contributed by atoms with Gasteiger partial charge in [0.2, 0.25) is 5.91 Å². The SMILES string of the molecule is CC(F)(F)c1cc(C(=O)Nc2cc(C(F)(F)F)ccn2)ccc1-c1nc([C@@H]2CC[C@H]3CCC(=O)N3C2)n2ccnc(N)c12. The van der Waals surface area contributed by atoms with Gasteiger partial charge in [-0.25, -0.2) is 23.7 Å². The summed E-state index contributed by atoms with van der Waals surface area (Å²) >= 11 is 0. The number of imidazole rings is 1. The summed E-state index contributed by atoms with van der Waals surface area (Å²) in [6.07, 6.45) is 2.21. The molecule has 2 aliphatic heterocycles. The number of nitrogens with one attached hydrogen (secondary N) is 1. The number of amides is 2. The van der Waals surface area contributed by atoms with Gasteiger partial charge < -0.3 is 16.0 Å². The number of aromatic nitrogens is 4. The van der Waals surface area contributed by atoms with Crippen molar-refractivity contribution in [2.45, 2.75) is 56.7 Å². The maximum atomic E-state index is 15.1. The molecule has 0 bridgehead atoms. The highest BCUT2D eigenvalue weighted by Gasteiger charge is 2.39. The van der Waals surface area contributed by atoms with Gasteiger partial charge in [0, 0.05) is 67.1 Å². The summed E-state index contributed by atoms with van der Waals surface area (Å²) in [6.45, 7) is 1.12. The zero-order chi connectivity index (χ0) is 30.7. The number of anilines is 2. The number of hydrogen-bond acceptors (Lipinski definition) is 6. The van der Waals surface area contributed by atoms with Gasteiger partial charge in [-0.1, -0.05) is 6.07 Å². The fourth-order valence-electron chi connectivity index (χ4n) is 5.96. The molecule has 2 saturated heterocycles. The lowest BCUT2D eigenvalue weighted by Crippen LogP contribution is -2.41. The average molecular weight is 600 g/mol. The van der Waals surface area contributed by atoms with Crippen LogP contribution in [0.4, 0.5) is 33.6 Å². The summed E-state index contributed by atoms with van der Waals surface area (Å²) in [4.78, 5) is 39.9. The smallest absolute Gasteiger partial charge is 0.382 e. The van der Waals surface area contributed by atoms with Crippen molar-refractivity contribution in [2.75, 3.05) is 17.6 Å². The third-order valence-electron chi connectivity index (χ3n) is 8.03. The van der Waals surface area contributed by atoms with Crippen molar-refractivity contribution in [2.24, 2.45) is 0 Å². The minimum Gasteiger partial charge on any atom is -0.382 e. The van der Waals surface area contributed by atoms with E-state index < -0.39 is 29.1 Å². The van der Waals surface area contributed by atoms with E-state index in [0.717, 1.165) is 37.6 Å². The van der Waals surface area contributed by atoms with Crippen LogP contribution >= 0.6 is 0 Å². The molecule has 0 aliphatic carbocycles. The largest absolute Gasteiger partial charge is 0.416 e. The standard InChI is InChI=1S/C29H26F5N7O2/c1-28(30,31)20-12-15(27(43)38-21-13-17(8-9-36-21)29(32,33)34)3-6-19(20)23-24-25(35)37-10-11-40(24)26(39-23)16-2-4-18-5-7-22(42)41(18)14-16/h3,6,8-13,16,18H,2,4-5,7,14H2,1H3,(H2,35,37)(H,36,38,43)/t16-,18+/m1/s1. The molecule has 1 aromatic carbocycles. The first-order valence-electron chi connectivity index (χ1n) is 13.6. The molecule has 14 heteroatoms.